The smallest absolute Gasteiger partial charge is 0.324 e. The van der Waals surface area contributed by atoms with E-state index in [-0.39, 0.29) is 11.7 Å². The molecule has 88 valence electrons. The third-order valence-corrected chi connectivity index (χ3v) is 2.18. The van der Waals surface area contributed by atoms with E-state index < -0.39 is 6.04 Å². The zero-order valence-electron chi connectivity index (χ0n) is 9.36. The molecule has 16 heavy (non-hydrogen) atoms. The summed E-state index contributed by atoms with van der Waals surface area (Å²) in [5.74, 6) is -0.123. The summed E-state index contributed by atoms with van der Waals surface area (Å²) in [6.07, 6.45) is 0.494. The number of ether oxygens (including phenoxy) is 1. The lowest BCUT2D eigenvalue weighted by Crippen LogP contribution is -2.45. The maximum Gasteiger partial charge on any atom is 0.324 e. The van der Waals surface area contributed by atoms with Gasteiger partial charge in [-0.25, -0.2) is 5.43 Å². The standard InChI is InChI=1S/C11H16N2O3/c1-12-13-10(11(15)16-2)7-8-3-5-9(14)6-4-8/h3-6,10,12-14H,7H2,1-2H3/t10-/m1/s1. The van der Waals surface area contributed by atoms with Crippen molar-refractivity contribution in [3.63, 3.8) is 0 Å². The predicted octanol–water partition coefficient (Wildman–Crippen LogP) is 0.200. The molecule has 0 spiro atoms. The van der Waals surface area contributed by atoms with E-state index in [4.69, 9.17) is 5.11 Å². The van der Waals surface area contributed by atoms with Gasteiger partial charge in [-0.3, -0.25) is 10.2 Å². The monoisotopic (exact) mass is 224 g/mol. The molecule has 0 radical (unpaired) electrons. The van der Waals surface area contributed by atoms with Crippen LogP contribution in [0.2, 0.25) is 0 Å². The molecule has 1 atom stereocenters. The van der Waals surface area contributed by atoms with E-state index in [2.05, 4.69) is 15.6 Å². The highest BCUT2D eigenvalue weighted by Crippen LogP contribution is 2.11. The van der Waals surface area contributed by atoms with E-state index in [0.29, 0.717) is 6.42 Å². The average molecular weight is 224 g/mol. The zero-order valence-corrected chi connectivity index (χ0v) is 9.36. The Morgan fingerprint density at radius 2 is 2.06 bits per heavy atom. The fraction of sp³-hybridized carbons (Fsp3) is 0.364. The van der Waals surface area contributed by atoms with Crippen molar-refractivity contribution in [2.45, 2.75) is 12.5 Å². The Hall–Kier alpha value is -1.59. The summed E-state index contributed by atoms with van der Waals surface area (Å²) in [5, 5.41) is 9.13. The van der Waals surface area contributed by atoms with Gasteiger partial charge in [-0.1, -0.05) is 12.1 Å². The van der Waals surface area contributed by atoms with Crippen molar-refractivity contribution in [1.29, 1.82) is 0 Å². The van der Waals surface area contributed by atoms with Gasteiger partial charge in [0.25, 0.3) is 0 Å². The van der Waals surface area contributed by atoms with E-state index in [1.54, 1.807) is 31.3 Å². The predicted molar refractivity (Wildman–Crippen MR) is 59.8 cm³/mol. The van der Waals surface area contributed by atoms with Crippen molar-refractivity contribution in [2.75, 3.05) is 14.2 Å². The average Bonchev–Trinajstić information content (AvgIpc) is 2.30. The van der Waals surface area contributed by atoms with Crippen LogP contribution in [0.3, 0.4) is 0 Å². The molecule has 1 rings (SSSR count). The minimum Gasteiger partial charge on any atom is -0.508 e. The summed E-state index contributed by atoms with van der Waals surface area (Å²) in [5.41, 5.74) is 6.46. The number of carbonyl (C=O) groups excluding carboxylic acids is 1. The van der Waals surface area contributed by atoms with Crippen molar-refractivity contribution < 1.29 is 14.6 Å². The van der Waals surface area contributed by atoms with Gasteiger partial charge in [0.15, 0.2) is 0 Å². The van der Waals surface area contributed by atoms with Crippen LogP contribution in [0.1, 0.15) is 5.56 Å². The normalized spacial score (nSPS) is 12.1. The molecule has 0 fully saturated rings. The lowest BCUT2D eigenvalue weighted by molar-refractivity contribution is -0.143. The number of methoxy groups -OCH3 is 1. The van der Waals surface area contributed by atoms with Crippen molar-refractivity contribution >= 4 is 5.97 Å². The lowest BCUT2D eigenvalue weighted by atomic mass is 10.1. The molecule has 0 unspecified atom stereocenters. The molecule has 5 heteroatoms. The minimum absolute atomic E-state index is 0.208. The van der Waals surface area contributed by atoms with Crippen LogP contribution in [0.25, 0.3) is 0 Å². The molecular formula is C11H16N2O3. The Morgan fingerprint density at radius 1 is 1.44 bits per heavy atom. The van der Waals surface area contributed by atoms with Gasteiger partial charge in [-0.2, -0.15) is 0 Å². The van der Waals surface area contributed by atoms with E-state index >= 15 is 0 Å². The van der Waals surface area contributed by atoms with Gasteiger partial charge in [0.2, 0.25) is 0 Å². The van der Waals surface area contributed by atoms with Gasteiger partial charge in [-0.05, 0) is 31.2 Å². The molecule has 0 aromatic heterocycles. The van der Waals surface area contributed by atoms with E-state index in [1.807, 2.05) is 0 Å². The third-order valence-electron chi connectivity index (χ3n) is 2.18. The SMILES string of the molecule is CNN[C@H](Cc1ccc(O)cc1)C(=O)OC. The Bertz CT molecular complexity index is 338. The fourth-order valence-electron chi connectivity index (χ4n) is 1.38. The van der Waals surface area contributed by atoms with Crippen LogP contribution < -0.4 is 10.9 Å². The highest BCUT2D eigenvalue weighted by molar-refractivity contribution is 5.75. The number of phenolic OH excluding ortho intramolecular Hbond substituents is 1. The number of nitrogens with one attached hydrogen (secondary N) is 2. The molecule has 0 aliphatic heterocycles. The molecule has 0 saturated heterocycles. The number of esters is 1. The molecule has 0 amide bonds. The van der Waals surface area contributed by atoms with Crippen LogP contribution >= 0.6 is 0 Å². The van der Waals surface area contributed by atoms with E-state index in [0.717, 1.165) is 5.56 Å². The van der Waals surface area contributed by atoms with Gasteiger partial charge >= 0.3 is 5.97 Å². The van der Waals surface area contributed by atoms with Crippen molar-refractivity contribution in [3.8, 4) is 5.75 Å². The first kappa shape index (κ1) is 12.5. The fourth-order valence-corrected chi connectivity index (χ4v) is 1.38. The Labute approximate surface area is 94.4 Å². The molecule has 1 aromatic carbocycles. The first-order valence-electron chi connectivity index (χ1n) is 4.95. The molecule has 3 N–H and O–H groups in total. The molecular weight excluding hydrogens is 208 g/mol. The van der Waals surface area contributed by atoms with Crippen molar-refractivity contribution in [1.82, 2.24) is 10.9 Å². The van der Waals surface area contributed by atoms with Crippen LogP contribution in [0.15, 0.2) is 24.3 Å². The van der Waals surface area contributed by atoms with Crippen molar-refractivity contribution in [3.05, 3.63) is 29.8 Å². The number of hydrazine groups is 1. The largest absolute Gasteiger partial charge is 0.508 e. The number of carbonyl (C=O) groups is 1. The number of rotatable bonds is 5. The van der Waals surface area contributed by atoms with E-state index in [9.17, 15) is 4.79 Å². The molecule has 5 nitrogen and oxygen atoms in total. The van der Waals surface area contributed by atoms with Crippen LogP contribution in [0.4, 0.5) is 0 Å². The first-order chi connectivity index (χ1) is 7.67. The highest BCUT2D eigenvalue weighted by Gasteiger charge is 2.18. The second-order valence-electron chi connectivity index (χ2n) is 3.34. The number of benzene rings is 1. The highest BCUT2D eigenvalue weighted by atomic mass is 16.5. The minimum atomic E-state index is -0.445. The third kappa shape index (κ3) is 3.52. The number of phenols is 1. The maximum atomic E-state index is 11.4. The van der Waals surface area contributed by atoms with Gasteiger partial charge in [0, 0.05) is 0 Å². The van der Waals surface area contributed by atoms with Gasteiger partial charge in [-0.15, -0.1) is 0 Å². The Kier molecular flexibility index (Phi) is 4.75. The molecule has 0 bridgehead atoms. The van der Waals surface area contributed by atoms with Crippen LogP contribution in [-0.2, 0) is 16.0 Å². The lowest BCUT2D eigenvalue weighted by Gasteiger charge is -2.15. The number of hydrogen-bond donors (Lipinski definition) is 3. The van der Waals surface area contributed by atoms with Gasteiger partial charge < -0.3 is 9.84 Å². The van der Waals surface area contributed by atoms with E-state index in [1.165, 1.54) is 7.11 Å². The van der Waals surface area contributed by atoms with Crippen LogP contribution in [-0.4, -0.2) is 31.3 Å². The number of aromatic hydroxyl groups is 1. The summed E-state index contributed by atoms with van der Waals surface area (Å²) in [7, 11) is 3.04. The van der Waals surface area contributed by atoms with Crippen LogP contribution in [0, 0.1) is 0 Å². The molecule has 0 saturated carbocycles. The zero-order chi connectivity index (χ0) is 12.0. The second-order valence-corrected chi connectivity index (χ2v) is 3.34. The Morgan fingerprint density at radius 3 is 2.56 bits per heavy atom. The van der Waals surface area contributed by atoms with Crippen molar-refractivity contribution in [2.24, 2.45) is 0 Å². The summed E-state index contributed by atoms with van der Waals surface area (Å²) >= 11 is 0. The maximum absolute atomic E-state index is 11.4. The summed E-state index contributed by atoms with van der Waals surface area (Å²) < 4.78 is 4.67. The summed E-state index contributed by atoms with van der Waals surface area (Å²) in [6, 6.07) is 6.26. The molecule has 0 aliphatic rings. The summed E-state index contributed by atoms with van der Waals surface area (Å²) in [6.45, 7) is 0. The Balaban J connectivity index is 2.67. The van der Waals surface area contributed by atoms with Crippen LogP contribution in [0.5, 0.6) is 5.75 Å². The number of hydrogen-bond acceptors (Lipinski definition) is 5. The summed E-state index contributed by atoms with van der Waals surface area (Å²) in [4.78, 5) is 11.4. The van der Waals surface area contributed by atoms with Gasteiger partial charge in [0.1, 0.15) is 11.8 Å². The molecule has 0 aliphatic carbocycles. The topological polar surface area (TPSA) is 70.6 Å². The first-order valence-corrected chi connectivity index (χ1v) is 4.95. The quantitative estimate of drug-likeness (QED) is 0.492. The molecule has 0 heterocycles. The van der Waals surface area contributed by atoms with Gasteiger partial charge in [0.05, 0.1) is 7.11 Å². The second kappa shape index (κ2) is 6.09. The molecule has 1 aromatic rings.